The van der Waals surface area contributed by atoms with Gasteiger partial charge in [0.1, 0.15) is 12.0 Å². The Kier molecular flexibility index (Phi) is 3.74. The number of carbonyl (C=O) groups excluding carboxylic acids is 1. The molecule has 2 unspecified atom stereocenters. The molecule has 11 heteroatoms. The van der Waals surface area contributed by atoms with E-state index in [2.05, 4.69) is 15.4 Å². The van der Waals surface area contributed by atoms with Crippen molar-refractivity contribution in [1.29, 1.82) is 0 Å². The number of esters is 1. The molecule has 2 atom stereocenters. The van der Waals surface area contributed by atoms with Gasteiger partial charge in [-0.05, 0) is 0 Å². The average Bonchev–Trinajstić information content (AvgIpc) is 3.03. The maximum atomic E-state index is 12.5. The minimum absolute atomic E-state index is 0.125. The number of nitrogens with two attached hydrogens (primary N) is 1. The summed E-state index contributed by atoms with van der Waals surface area (Å²) in [6.45, 7) is 1.45. The van der Waals surface area contributed by atoms with Crippen LogP contribution in [0.2, 0.25) is 0 Å². The lowest BCUT2D eigenvalue weighted by atomic mass is 10.4. The summed E-state index contributed by atoms with van der Waals surface area (Å²) in [5.41, 5.74) is 5.49. The average molecular weight is 326 g/mol. The molecule has 22 heavy (non-hydrogen) atoms. The first-order valence-corrected chi connectivity index (χ1v) is 7.50. The molecule has 0 aromatic carbocycles. The summed E-state index contributed by atoms with van der Waals surface area (Å²) in [5.74, 6) is 0.277. The Hall–Kier alpha value is -2.14. The molecular formula is C11H14N6O4S. The van der Waals surface area contributed by atoms with Crippen molar-refractivity contribution >= 4 is 34.6 Å². The number of rotatable bonds is 3. The zero-order valence-corrected chi connectivity index (χ0v) is 12.7. The van der Waals surface area contributed by atoms with Crippen molar-refractivity contribution in [3.05, 3.63) is 10.4 Å². The van der Waals surface area contributed by atoms with Crippen molar-refractivity contribution in [3.63, 3.8) is 0 Å². The Bertz CT molecular complexity index is 787. The highest BCUT2D eigenvalue weighted by atomic mass is 32.2. The molecule has 1 aliphatic heterocycles. The van der Waals surface area contributed by atoms with Gasteiger partial charge in [0.05, 0.1) is 0 Å². The second-order valence-electron chi connectivity index (χ2n) is 4.70. The van der Waals surface area contributed by atoms with Crippen LogP contribution in [0.3, 0.4) is 0 Å². The predicted octanol–water partition coefficient (Wildman–Crippen LogP) is -0.742. The van der Waals surface area contributed by atoms with Crippen molar-refractivity contribution in [2.45, 2.75) is 18.6 Å². The van der Waals surface area contributed by atoms with Crippen LogP contribution in [0, 0.1) is 0 Å². The van der Waals surface area contributed by atoms with Crippen LogP contribution >= 0.6 is 11.8 Å². The minimum atomic E-state index is -0.578. The molecule has 0 spiro atoms. The number of aromatic nitrogens is 5. The monoisotopic (exact) mass is 326 g/mol. The molecule has 0 radical (unpaired) electrons. The molecule has 0 amide bonds. The molecule has 1 fully saturated rings. The van der Waals surface area contributed by atoms with Crippen LogP contribution in [0.5, 0.6) is 0 Å². The van der Waals surface area contributed by atoms with E-state index in [-0.39, 0.29) is 40.4 Å². The molecular weight excluding hydrogens is 312 g/mol. The quantitative estimate of drug-likeness (QED) is 0.725. The number of carbonyl (C=O) groups is 1. The highest BCUT2D eigenvalue weighted by Crippen LogP contribution is 2.30. The number of anilines is 1. The Morgan fingerprint density at radius 3 is 3.09 bits per heavy atom. The van der Waals surface area contributed by atoms with Crippen molar-refractivity contribution in [2.24, 2.45) is 7.05 Å². The zero-order chi connectivity index (χ0) is 15.9. The third kappa shape index (κ3) is 2.52. The lowest BCUT2D eigenvalue weighted by molar-refractivity contribution is -0.144. The second-order valence-corrected chi connectivity index (χ2v) is 5.89. The van der Waals surface area contributed by atoms with Crippen molar-refractivity contribution in [3.8, 4) is 0 Å². The van der Waals surface area contributed by atoms with Gasteiger partial charge in [-0.15, -0.1) is 16.9 Å². The zero-order valence-electron chi connectivity index (χ0n) is 11.9. The summed E-state index contributed by atoms with van der Waals surface area (Å²) in [5, 5.41) is 11.8. The molecule has 0 bridgehead atoms. The van der Waals surface area contributed by atoms with Crippen molar-refractivity contribution < 1.29 is 14.3 Å². The van der Waals surface area contributed by atoms with Crippen LogP contribution in [-0.4, -0.2) is 48.5 Å². The summed E-state index contributed by atoms with van der Waals surface area (Å²) in [7, 11) is 1.61. The van der Waals surface area contributed by atoms with Gasteiger partial charge in [-0.1, -0.05) is 5.21 Å². The van der Waals surface area contributed by atoms with Crippen molar-refractivity contribution in [2.75, 3.05) is 18.1 Å². The normalized spacial score (nSPS) is 21.4. The fraction of sp³-hybridized carbons (Fsp3) is 0.545. The van der Waals surface area contributed by atoms with Gasteiger partial charge >= 0.3 is 5.97 Å². The lowest BCUT2D eigenvalue weighted by Crippen LogP contribution is -2.31. The third-order valence-electron chi connectivity index (χ3n) is 3.13. The molecule has 0 aliphatic carbocycles. The van der Waals surface area contributed by atoms with Gasteiger partial charge < -0.3 is 15.2 Å². The van der Waals surface area contributed by atoms with E-state index in [9.17, 15) is 9.59 Å². The summed E-state index contributed by atoms with van der Waals surface area (Å²) in [6, 6.07) is 0. The number of nitrogen functional groups attached to an aromatic ring is 1. The maximum absolute atomic E-state index is 12.5. The van der Waals surface area contributed by atoms with Gasteiger partial charge in [0.25, 0.3) is 5.56 Å². The van der Waals surface area contributed by atoms with Gasteiger partial charge in [-0.2, -0.15) is 9.78 Å². The number of thioether (sulfide) groups is 1. The van der Waals surface area contributed by atoms with Crippen LogP contribution in [0.15, 0.2) is 4.79 Å². The Balaban J connectivity index is 1.86. The number of hydrogen-bond donors (Lipinski definition) is 1. The van der Waals surface area contributed by atoms with Crippen LogP contribution in [0.4, 0.5) is 5.82 Å². The smallest absolute Gasteiger partial charge is 0.302 e. The fourth-order valence-corrected chi connectivity index (χ4v) is 3.12. The first-order valence-electron chi connectivity index (χ1n) is 6.45. The SMILES string of the molecule is CC(=O)OCC1OC(n2nnc3c(N)nn(C)c3c2=O)CS1. The molecule has 3 rings (SSSR count). The first kappa shape index (κ1) is 14.8. The Labute approximate surface area is 128 Å². The number of nitrogens with zero attached hydrogens (tertiary/aromatic N) is 5. The fourth-order valence-electron chi connectivity index (χ4n) is 2.15. The van der Waals surface area contributed by atoms with Gasteiger partial charge in [0, 0.05) is 19.7 Å². The number of hydrogen-bond acceptors (Lipinski definition) is 9. The lowest BCUT2D eigenvalue weighted by Gasteiger charge is -2.13. The van der Waals surface area contributed by atoms with E-state index in [1.807, 2.05) is 0 Å². The molecule has 1 aliphatic rings. The Morgan fingerprint density at radius 1 is 1.59 bits per heavy atom. The van der Waals surface area contributed by atoms with E-state index in [1.54, 1.807) is 7.05 Å². The molecule has 118 valence electrons. The highest BCUT2D eigenvalue weighted by Gasteiger charge is 2.30. The topological polar surface area (TPSA) is 127 Å². The molecule has 0 saturated carbocycles. The van der Waals surface area contributed by atoms with Gasteiger partial charge in [-0.3, -0.25) is 14.3 Å². The van der Waals surface area contributed by atoms with Crippen LogP contribution in [0.1, 0.15) is 13.2 Å². The molecule has 2 aromatic heterocycles. The maximum Gasteiger partial charge on any atom is 0.302 e. The minimum Gasteiger partial charge on any atom is -0.462 e. The van der Waals surface area contributed by atoms with E-state index in [1.165, 1.54) is 23.4 Å². The summed E-state index contributed by atoms with van der Waals surface area (Å²) in [4.78, 5) is 23.3. The number of ether oxygens (including phenoxy) is 2. The molecule has 10 nitrogen and oxygen atoms in total. The first-order chi connectivity index (χ1) is 10.5. The predicted molar refractivity (Wildman–Crippen MR) is 78.0 cm³/mol. The van der Waals surface area contributed by atoms with Crippen LogP contribution in [0.25, 0.3) is 11.0 Å². The second kappa shape index (κ2) is 5.57. The summed E-state index contributed by atoms with van der Waals surface area (Å²) < 4.78 is 13.1. The summed E-state index contributed by atoms with van der Waals surface area (Å²) >= 11 is 1.44. The largest absolute Gasteiger partial charge is 0.462 e. The van der Waals surface area contributed by atoms with E-state index in [0.717, 1.165) is 4.68 Å². The van der Waals surface area contributed by atoms with Gasteiger partial charge in [-0.25, -0.2) is 0 Å². The van der Waals surface area contributed by atoms with Crippen molar-refractivity contribution in [1.82, 2.24) is 24.8 Å². The molecule has 1 saturated heterocycles. The van der Waals surface area contributed by atoms with Crippen LogP contribution < -0.4 is 11.3 Å². The summed E-state index contributed by atoms with van der Waals surface area (Å²) in [6.07, 6.45) is -0.578. The molecule has 2 aromatic rings. The Morgan fingerprint density at radius 2 is 2.36 bits per heavy atom. The van der Waals surface area contributed by atoms with E-state index >= 15 is 0 Å². The highest BCUT2D eigenvalue weighted by molar-refractivity contribution is 8.00. The van der Waals surface area contributed by atoms with E-state index in [0.29, 0.717) is 5.75 Å². The standard InChI is InChI=1S/C11H14N6O4S/c1-5(18)20-3-7-21-6(4-22-7)17-11(19)9-8(13-15-17)10(12)14-16(9)2/h6-7H,3-4H2,1-2H3,(H2,12,14). The van der Waals surface area contributed by atoms with E-state index in [4.69, 9.17) is 15.2 Å². The molecule has 2 N–H and O–H groups in total. The van der Waals surface area contributed by atoms with Gasteiger partial charge in [0.2, 0.25) is 0 Å². The number of fused-ring (bicyclic) bond motifs is 1. The van der Waals surface area contributed by atoms with E-state index < -0.39 is 6.23 Å². The number of aryl methyl sites for hydroxylation is 1. The van der Waals surface area contributed by atoms with Gasteiger partial charge in [0.15, 0.2) is 23.1 Å². The van der Waals surface area contributed by atoms with Crippen LogP contribution in [-0.2, 0) is 21.3 Å². The third-order valence-corrected chi connectivity index (χ3v) is 4.23. The molecule has 3 heterocycles.